The van der Waals surface area contributed by atoms with Gasteiger partial charge < -0.3 is 13.9 Å². The fourth-order valence-corrected chi connectivity index (χ4v) is 1.83. The summed E-state index contributed by atoms with van der Waals surface area (Å²) in [7, 11) is 3.22. The number of nitrogens with zero attached hydrogens (tertiary/aromatic N) is 2. The number of hydrogen-bond donors (Lipinski definition) is 0. The monoisotopic (exact) mass is 346 g/mol. The molecule has 0 fully saturated rings. The molecule has 2 aromatic rings. The third-order valence-electron chi connectivity index (χ3n) is 2.25. The molecule has 0 unspecified atom stereocenters. The molecule has 6 heteroatoms. The molecule has 0 aliphatic carbocycles. The Bertz CT molecular complexity index is 513. The standard InChI is InChI=1S/C11H11IN2O3/c1-15-8-4-3-7(5-9(8)16-2)6-10-13-14-11(12)17-10/h3-5H,6H2,1-2H3. The molecular weight excluding hydrogens is 335 g/mol. The lowest BCUT2D eigenvalue weighted by atomic mass is 10.1. The fourth-order valence-electron chi connectivity index (χ4n) is 1.47. The summed E-state index contributed by atoms with van der Waals surface area (Å²) >= 11 is 1.98. The minimum atomic E-state index is 0.540. The van der Waals surface area contributed by atoms with Gasteiger partial charge in [-0.1, -0.05) is 6.07 Å². The molecule has 1 heterocycles. The molecule has 17 heavy (non-hydrogen) atoms. The first kappa shape index (κ1) is 12.2. The van der Waals surface area contributed by atoms with E-state index in [0.717, 1.165) is 5.56 Å². The summed E-state index contributed by atoms with van der Waals surface area (Å²) in [6.07, 6.45) is 0.580. The van der Waals surface area contributed by atoms with Crippen molar-refractivity contribution in [2.24, 2.45) is 0 Å². The molecule has 0 atom stereocenters. The highest BCUT2D eigenvalue weighted by atomic mass is 127. The van der Waals surface area contributed by atoms with Gasteiger partial charge in [0, 0.05) is 22.6 Å². The van der Waals surface area contributed by atoms with Crippen LogP contribution < -0.4 is 9.47 Å². The van der Waals surface area contributed by atoms with E-state index in [-0.39, 0.29) is 0 Å². The minimum Gasteiger partial charge on any atom is -0.493 e. The number of halogens is 1. The van der Waals surface area contributed by atoms with Gasteiger partial charge >= 0.3 is 0 Å². The molecule has 0 radical (unpaired) electrons. The fraction of sp³-hybridized carbons (Fsp3) is 0.273. The van der Waals surface area contributed by atoms with Crippen molar-refractivity contribution in [3.8, 4) is 11.5 Å². The van der Waals surface area contributed by atoms with E-state index in [4.69, 9.17) is 13.9 Å². The van der Waals surface area contributed by atoms with Crippen LogP contribution in [0.2, 0.25) is 0 Å². The van der Waals surface area contributed by atoms with E-state index >= 15 is 0 Å². The second kappa shape index (κ2) is 5.35. The average Bonchev–Trinajstić information content (AvgIpc) is 2.74. The van der Waals surface area contributed by atoms with Gasteiger partial charge in [0.2, 0.25) is 5.89 Å². The van der Waals surface area contributed by atoms with Crippen LogP contribution in [0.25, 0.3) is 0 Å². The third kappa shape index (κ3) is 2.87. The van der Waals surface area contributed by atoms with Crippen molar-refractivity contribution in [1.82, 2.24) is 10.2 Å². The van der Waals surface area contributed by atoms with Crippen LogP contribution in [0.4, 0.5) is 0 Å². The Morgan fingerprint density at radius 2 is 1.94 bits per heavy atom. The van der Waals surface area contributed by atoms with Crippen molar-refractivity contribution in [1.29, 1.82) is 0 Å². The summed E-state index contributed by atoms with van der Waals surface area (Å²) in [6, 6.07) is 5.70. The summed E-state index contributed by atoms with van der Waals surface area (Å²) in [4.78, 5) is 0. The lowest BCUT2D eigenvalue weighted by molar-refractivity contribution is 0.354. The molecule has 0 saturated carbocycles. The van der Waals surface area contributed by atoms with Crippen LogP contribution in [0.3, 0.4) is 0 Å². The first-order chi connectivity index (χ1) is 8.22. The van der Waals surface area contributed by atoms with Gasteiger partial charge in [0.05, 0.1) is 20.6 Å². The summed E-state index contributed by atoms with van der Waals surface area (Å²) in [5, 5.41) is 7.72. The van der Waals surface area contributed by atoms with Crippen LogP contribution in [0, 0.1) is 3.90 Å². The Hall–Kier alpha value is -1.31. The molecule has 0 spiro atoms. The number of benzene rings is 1. The zero-order chi connectivity index (χ0) is 12.3. The molecule has 2 rings (SSSR count). The van der Waals surface area contributed by atoms with Crippen LogP contribution >= 0.6 is 22.6 Å². The maximum absolute atomic E-state index is 5.31. The predicted octanol–water partition coefficient (Wildman–Crippen LogP) is 2.28. The van der Waals surface area contributed by atoms with Crippen molar-refractivity contribution >= 4 is 22.6 Å². The Morgan fingerprint density at radius 1 is 1.18 bits per heavy atom. The summed E-state index contributed by atoms with van der Waals surface area (Å²) in [5.41, 5.74) is 1.03. The summed E-state index contributed by atoms with van der Waals surface area (Å²) < 4.78 is 16.2. The van der Waals surface area contributed by atoms with Crippen LogP contribution in [0.1, 0.15) is 11.5 Å². The molecule has 0 saturated heterocycles. The third-order valence-corrected chi connectivity index (χ3v) is 2.68. The zero-order valence-electron chi connectivity index (χ0n) is 9.44. The average molecular weight is 346 g/mol. The Balaban J connectivity index is 2.22. The molecule has 0 aliphatic rings. The van der Waals surface area contributed by atoms with Crippen LogP contribution in [0.5, 0.6) is 11.5 Å². The second-order valence-corrected chi connectivity index (χ2v) is 4.24. The lowest BCUT2D eigenvalue weighted by Crippen LogP contribution is -1.94. The predicted molar refractivity (Wildman–Crippen MR) is 69.4 cm³/mol. The maximum atomic E-state index is 5.31. The first-order valence-corrected chi connectivity index (χ1v) is 5.99. The van der Waals surface area contributed by atoms with Crippen molar-refractivity contribution < 1.29 is 13.9 Å². The highest BCUT2D eigenvalue weighted by Crippen LogP contribution is 2.28. The molecular formula is C11H11IN2O3. The molecule has 1 aromatic carbocycles. The van der Waals surface area contributed by atoms with E-state index in [2.05, 4.69) is 10.2 Å². The van der Waals surface area contributed by atoms with E-state index in [1.807, 2.05) is 40.8 Å². The minimum absolute atomic E-state index is 0.540. The van der Waals surface area contributed by atoms with Crippen molar-refractivity contribution in [3.63, 3.8) is 0 Å². The Labute approximate surface area is 112 Å². The SMILES string of the molecule is COc1ccc(Cc2nnc(I)o2)cc1OC. The molecule has 0 N–H and O–H groups in total. The largest absolute Gasteiger partial charge is 0.493 e. The van der Waals surface area contributed by atoms with E-state index in [9.17, 15) is 0 Å². The second-order valence-electron chi connectivity index (χ2n) is 3.31. The van der Waals surface area contributed by atoms with Gasteiger partial charge in [-0.05, 0) is 17.7 Å². The highest BCUT2D eigenvalue weighted by Gasteiger charge is 2.08. The Kier molecular flexibility index (Phi) is 3.82. The van der Waals surface area contributed by atoms with E-state index < -0.39 is 0 Å². The first-order valence-electron chi connectivity index (χ1n) is 4.91. The maximum Gasteiger partial charge on any atom is 0.278 e. The molecule has 0 bridgehead atoms. The Morgan fingerprint density at radius 3 is 2.53 bits per heavy atom. The van der Waals surface area contributed by atoms with Crippen LogP contribution in [-0.2, 0) is 6.42 Å². The molecule has 0 amide bonds. The van der Waals surface area contributed by atoms with Crippen molar-refractivity contribution in [2.45, 2.75) is 6.42 Å². The van der Waals surface area contributed by atoms with Gasteiger partial charge in [0.15, 0.2) is 11.5 Å². The van der Waals surface area contributed by atoms with E-state index in [1.54, 1.807) is 14.2 Å². The molecule has 5 nitrogen and oxygen atoms in total. The highest BCUT2D eigenvalue weighted by molar-refractivity contribution is 14.1. The lowest BCUT2D eigenvalue weighted by Gasteiger charge is -2.08. The number of ether oxygens (including phenoxy) is 2. The number of hydrogen-bond acceptors (Lipinski definition) is 5. The van der Waals surface area contributed by atoms with E-state index in [0.29, 0.717) is 27.7 Å². The smallest absolute Gasteiger partial charge is 0.278 e. The van der Waals surface area contributed by atoms with Gasteiger partial charge in [0.1, 0.15) is 0 Å². The van der Waals surface area contributed by atoms with Gasteiger partial charge in [0.25, 0.3) is 3.90 Å². The normalized spacial score (nSPS) is 10.3. The number of aromatic nitrogens is 2. The van der Waals surface area contributed by atoms with Gasteiger partial charge in [-0.2, -0.15) is 0 Å². The number of rotatable bonds is 4. The number of methoxy groups -OCH3 is 2. The van der Waals surface area contributed by atoms with Gasteiger partial charge in [-0.3, -0.25) is 0 Å². The molecule has 1 aromatic heterocycles. The zero-order valence-corrected chi connectivity index (χ0v) is 11.6. The quantitative estimate of drug-likeness (QED) is 0.795. The molecule has 0 aliphatic heterocycles. The van der Waals surface area contributed by atoms with E-state index in [1.165, 1.54) is 0 Å². The molecule has 90 valence electrons. The summed E-state index contributed by atoms with van der Waals surface area (Å²) in [6.45, 7) is 0. The van der Waals surface area contributed by atoms with Crippen LogP contribution in [-0.4, -0.2) is 24.4 Å². The van der Waals surface area contributed by atoms with Gasteiger partial charge in [-0.25, -0.2) is 0 Å². The van der Waals surface area contributed by atoms with Gasteiger partial charge in [-0.15, -0.1) is 10.2 Å². The van der Waals surface area contributed by atoms with Crippen LogP contribution in [0.15, 0.2) is 22.6 Å². The topological polar surface area (TPSA) is 57.4 Å². The van der Waals surface area contributed by atoms with Crippen molar-refractivity contribution in [2.75, 3.05) is 14.2 Å². The summed E-state index contributed by atoms with van der Waals surface area (Å²) in [5.74, 6) is 1.98. The van der Waals surface area contributed by atoms with Crippen molar-refractivity contribution in [3.05, 3.63) is 33.6 Å².